The number of rotatable bonds is 3. The summed E-state index contributed by atoms with van der Waals surface area (Å²) in [6, 6.07) is 13.9. The Morgan fingerprint density at radius 2 is 2.10 bits per heavy atom. The Morgan fingerprint density at radius 3 is 2.95 bits per heavy atom. The minimum Gasteiger partial charge on any atom is -0.348 e. The van der Waals surface area contributed by atoms with Gasteiger partial charge in [0.2, 0.25) is 0 Å². The van der Waals surface area contributed by atoms with Gasteiger partial charge in [0.1, 0.15) is 0 Å². The van der Waals surface area contributed by atoms with Crippen molar-refractivity contribution in [2.45, 2.75) is 19.5 Å². The summed E-state index contributed by atoms with van der Waals surface area (Å²) < 4.78 is 1.02. The van der Waals surface area contributed by atoms with E-state index in [4.69, 9.17) is 0 Å². The maximum atomic E-state index is 12.2. The predicted octanol–water partition coefficient (Wildman–Crippen LogP) is 3.02. The van der Waals surface area contributed by atoms with Crippen LogP contribution in [0.4, 0.5) is 0 Å². The maximum Gasteiger partial charge on any atom is 0.251 e. The van der Waals surface area contributed by atoms with Crippen molar-refractivity contribution in [3.8, 4) is 0 Å². The van der Waals surface area contributed by atoms with E-state index in [1.54, 1.807) is 0 Å². The van der Waals surface area contributed by atoms with Gasteiger partial charge in [-0.3, -0.25) is 4.79 Å². The monoisotopic (exact) mass is 344 g/mol. The maximum absolute atomic E-state index is 12.2. The van der Waals surface area contributed by atoms with Crippen LogP contribution in [-0.4, -0.2) is 12.5 Å². The van der Waals surface area contributed by atoms with Crippen molar-refractivity contribution in [2.24, 2.45) is 0 Å². The van der Waals surface area contributed by atoms with Gasteiger partial charge in [0.05, 0.1) is 0 Å². The average Bonchev–Trinajstić information content (AvgIpc) is 2.52. The molecule has 0 radical (unpaired) electrons. The molecule has 1 aliphatic heterocycles. The molecule has 1 amide bonds. The zero-order chi connectivity index (χ0) is 14.7. The number of amides is 1. The molecule has 0 bridgehead atoms. The highest BCUT2D eigenvalue weighted by Crippen LogP contribution is 2.16. The Morgan fingerprint density at radius 1 is 1.19 bits per heavy atom. The Labute approximate surface area is 132 Å². The normalized spacial score (nSPS) is 13.6. The summed E-state index contributed by atoms with van der Waals surface area (Å²) in [5.74, 6) is -0.0247. The molecule has 21 heavy (non-hydrogen) atoms. The van der Waals surface area contributed by atoms with Crippen molar-refractivity contribution in [3.63, 3.8) is 0 Å². The van der Waals surface area contributed by atoms with Crippen LogP contribution in [-0.2, 0) is 19.5 Å². The van der Waals surface area contributed by atoms with Gasteiger partial charge < -0.3 is 10.6 Å². The molecule has 3 nitrogen and oxygen atoms in total. The van der Waals surface area contributed by atoms with E-state index in [0.29, 0.717) is 6.54 Å². The quantitative estimate of drug-likeness (QED) is 0.898. The van der Waals surface area contributed by atoms with Gasteiger partial charge in [-0.05, 0) is 53.9 Å². The van der Waals surface area contributed by atoms with Crippen molar-refractivity contribution in [1.82, 2.24) is 10.6 Å². The van der Waals surface area contributed by atoms with Gasteiger partial charge in [0, 0.05) is 23.1 Å². The summed E-state index contributed by atoms with van der Waals surface area (Å²) in [6.07, 6.45) is 1.04. The molecule has 0 aliphatic carbocycles. The van der Waals surface area contributed by atoms with Gasteiger partial charge >= 0.3 is 0 Å². The highest BCUT2D eigenvalue weighted by atomic mass is 79.9. The number of nitrogens with one attached hydrogen (secondary N) is 2. The van der Waals surface area contributed by atoms with Crippen LogP contribution < -0.4 is 10.6 Å². The van der Waals surface area contributed by atoms with Crippen LogP contribution in [0.5, 0.6) is 0 Å². The van der Waals surface area contributed by atoms with Crippen molar-refractivity contribution < 1.29 is 4.79 Å². The largest absolute Gasteiger partial charge is 0.348 e. The number of fused-ring (bicyclic) bond motifs is 1. The number of hydrogen-bond acceptors (Lipinski definition) is 2. The molecular formula is C17H17BrN2O. The fourth-order valence-corrected chi connectivity index (χ4v) is 3.00. The van der Waals surface area contributed by atoms with Crippen LogP contribution in [0.2, 0.25) is 0 Å². The smallest absolute Gasteiger partial charge is 0.251 e. The summed E-state index contributed by atoms with van der Waals surface area (Å²) >= 11 is 3.44. The minimum atomic E-state index is -0.0247. The second-order valence-electron chi connectivity index (χ2n) is 5.22. The summed E-state index contributed by atoms with van der Waals surface area (Å²) in [6.45, 7) is 2.40. The van der Waals surface area contributed by atoms with Crippen LogP contribution in [0.1, 0.15) is 27.0 Å². The molecular weight excluding hydrogens is 328 g/mol. The number of benzene rings is 2. The molecule has 4 heteroatoms. The molecule has 0 spiro atoms. The summed E-state index contributed by atoms with van der Waals surface area (Å²) in [4.78, 5) is 12.2. The van der Waals surface area contributed by atoms with E-state index in [2.05, 4.69) is 32.6 Å². The Hall–Kier alpha value is -1.65. The van der Waals surface area contributed by atoms with Crippen LogP contribution in [0.25, 0.3) is 0 Å². The van der Waals surface area contributed by atoms with Gasteiger partial charge in [0.25, 0.3) is 5.91 Å². The molecule has 0 unspecified atom stereocenters. The predicted molar refractivity (Wildman–Crippen MR) is 87.2 cm³/mol. The van der Waals surface area contributed by atoms with E-state index in [0.717, 1.165) is 35.1 Å². The number of carbonyl (C=O) groups is 1. The molecule has 2 aromatic rings. The lowest BCUT2D eigenvalue weighted by Crippen LogP contribution is -2.26. The van der Waals surface area contributed by atoms with Gasteiger partial charge in [-0.2, -0.15) is 0 Å². The number of halogens is 1. The van der Waals surface area contributed by atoms with Gasteiger partial charge in [-0.25, -0.2) is 0 Å². The first-order valence-corrected chi connectivity index (χ1v) is 7.87. The molecule has 0 fully saturated rings. The van der Waals surface area contributed by atoms with E-state index in [-0.39, 0.29) is 5.91 Å². The molecule has 1 heterocycles. The first kappa shape index (κ1) is 14.3. The molecule has 108 valence electrons. The summed E-state index contributed by atoms with van der Waals surface area (Å²) in [5, 5.41) is 6.30. The molecule has 0 saturated carbocycles. The molecule has 1 aliphatic rings. The molecule has 0 saturated heterocycles. The van der Waals surface area contributed by atoms with Gasteiger partial charge in [-0.15, -0.1) is 0 Å². The van der Waals surface area contributed by atoms with Crippen molar-refractivity contribution in [2.75, 3.05) is 6.54 Å². The Bertz CT molecular complexity index is 670. The fourth-order valence-electron chi connectivity index (χ4n) is 2.55. The Kier molecular flexibility index (Phi) is 4.36. The summed E-state index contributed by atoms with van der Waals surface area (Å²) in [5.41, 5.74) is 4.39. The van der Waals surface area contributed by atoms with E-state index in [1.807, 2.05) is 36.4 Å². The van der Waals surface area contributed by atoms with Gasteiger partial charge in [0.15, 0.2) is 0 Å². The average molecular weight is 345 g/mol. The van der Waals surface area contributed by atoms with Crippen molar-refractivity contribution in [1.29, 1.82) is 0 Å². The zero-order valence-electron chi connectivity index (χ0n) is 11.7. The van der Waals surface area contributed by atoms with E-state index in [1.165, 1.54) is 11.1 Å². The van der Waals surface area contributed by atoms with Crippen LogP contribution in [0, 0.1) is 0 Å². The first-order chi connectivity index (χ1) is 10.2. The standard InChI is InChI=1S/C17H17BrN2O/c18-16-3-1-2-12(8-16)10-20-17(21)14-5-4-13-6-7-19-11-15(13)9-14/h1-5,8-9,19H,6-7,10-11H2,(H,20,21). The second-order valence-corrected chi connectivity index (χ2v) is 6.14. The topological polar surface area (TPSA) is 41.1 Å². The lowest BCUT2D eigenvalue weighted by atomic mass is 9.98. The Balaban J connectivity index is 1.68. The number of carbonyl (C=O) groups excluding carboxylic acids is 1. The molecule has 2 aromatic carbocycles. The molecule has 2 N–H and O–H groups in total. The molecule has 0 atom stereocenters. The lowest BCUT2D eigenvalue weighted by Gasteiger charge is -2.17. The highest BCUT2D eigenvalue weighted by Gasteiger charge is 2.12. The third kappa shape index (κ3) is 3.52. The fraction of sp³-hybridized carbons (Fsp3) is 0.235. The van der Waals surface area contributed by atoms with Crippen molar-refractivity contribution >= 4 is 21.8 Å². The van der Waals surface area contributed by atoms with Gasteiger partial charge in [-0.1, -0.05) is 34.1 Å². The van der Waals surface area contributed by atoms with Crippen LogP contribution in [0.15, 0.2) is 46.9 Å². The second kappa shape index (κ2) is 6.41. The van der Waals surface area contributed by atoms with E-state index < -0.39 is 0 Å². The SMILES string of the molecule is O=C(NCc1cccc(Br)c1)c1ccc2c(c1)CNCC2. The zero-order valence-corrected chi connectivity index (χ0v) is 13.2. The van der Waals surface area contributed by atoms with Crippen LogP contribution >= 0.6 is 15.9 Å². The summed E-state index contributed by atoms with van der Waals surface area (Å²) in [7, 11) is 0. The number of hydrogen-bond donors (Lipinski definition) is 2. The third-order valence-corrected chi connectivity index (χ3v) is 4.19. The lowest BCUT2D eigenvalue weighted by molar-refractivity contribution is 0.0951. The van der Waals surface area contributed by atoms with Crippen LogP contribution in [0.3, 0.4) is 0 Å². The van der Waals surface area contributed by atoms with E-state index in [9.17, 15) is 4.79 Å². The minimum absolute atomic E-state index is 0.0247. The third-order valence-electron chi connectivity index (χ3n) is 3.70. The molecule has 3 rings (SSSR count). The van der Waals surface area contributed by atoms with E-state index >= 15 is 0 Å². The van der Waals surface area contributed by atoms with Crippen molar-refractivity contribution in [3.05, 3.63) is 69.2 Å². The molecule has 0 aromatic heterocycles. The first-order valence-electron chi connectivity index (χ1n) is 7.07. The highest BCUT2D eigenvalue weighted by molar-refractivity contribution is 9.10.